The van der Waals surface area contributed by atoms with Crippen molar-refractivity contribution in [3.63, 3.8) is 0 Å². The molecule has 2 aliphatic rings. The number of halogens is 1. The SMILES string of the molecule is CN(C(=O)CC1(CN)CCCCC1)C1CCCC1.Cl. The highest BCUT2D eigenvalue weighted by Crippen LogP contribution is 2.39. The molecule has 1 amide bonds. The number of carbonyl (C=O) groups is 1. The summed E-state index contributed by atoms with van der Waals surface area (Å²) in [5.41, 5.74) is 6.08. The van der Waals surface area contributed by atoms with Crippen molar-refractivity contribution in [2.45, 2.75) is 70.3 Å². The van der Waals surface area contributed by atoms with Gasteiger partial charge in [-0.05, 0) is 37.6 Å². The number of hydrogen-bond acceptors (Lipinski definition) is 2. The zero-order valence-corrected chi connectivity index (χ0v) is 13.0. The first-order valence-corrected chi connectivity index (χ1v) is 7.63. The molecule has 2 saturated carbocycles. The van der Waals surface area contributed by atoms with E-state index in [-0.39, 0.29) is 17.8 Å². The summed E-state index contributed by atoms with van der Waals surface area (Å²) in [4.78, 5) is 14.4. The van der Waals surface area contributed by atoms with Crippen LogP contribution in [0.4, 0.5) is 0 Å². The van der Waals surface area contributed by atoms with E-state index in [0.29, 0.717) is 24.9 Å². The minimum absolute atomic E-state index is 0. The molecule has 0 heterocycles. The molecule has 4 heteroatoms. The van der Waals surface area contributed by atoms with Gasteiger partial charge in [-0.15, -0.1) is 12.4 Å². The third-order valence-electron chi connectivity index (χ3n) is 5.14. The lowest BCUT2D eigenvalue weighted by Gasteiger charge is -2.37. The van der Waals surface area contributed by atoms with Crippen LogP contribution in [0.15, 0.2) is 0 Å². The number of nitrogens with two attached hydrogens (primary N) is 1. The van der Waals surface area contributed by atoms with Crippen molar-refractivity contribution in [3.8, 4) is 0 Å². The highest BCUT2D eigenvalue weighted by atomic mass is 35.5. The van der Waals surface area contributed by atoms with Crippen molar-refractivity contribution in [1.29, 1.82) is 0 Å². The van der Waals surface area contributed by atoms with Crippen LogP contribution in [0.25, 0.3) is 0 Å². The maximum absolute atomic E-state index is 12.4. The third-order valence-corrected chi connectivity index (χ3v) is 5.14. The van der Waals surface area contributed by atoms with Crippen molar-refractivity contribution in [3.05, 3.63) is 0 Å². The highest BCUT2D eigenvalue weighted by molar-refractivity contribution is 5.85. The molecule has 0 aliphatic heterocycles. The lowest BCUT2D eigenvalue weighted by molar-refractivity contribution is -0.134. The van der Waals surface area contributed by atoms with Crippen molar-refractivity contribution < 1.29 is 4.79 Å². The Labute approximate surface area is 123 Å². The van der Waals surface area contributed by atoms with Gasteiger partial charge in [0.1, 0.15) is 0 Å². The summed E-state index contributed by atoms with van der Waals surface area (Å²) >= 11 is 0. The van der Waals surface area contributed by atoms with Gasteiger partial charge < -0.3 is 10.6 Å². The summed E-state index contributed by atoms with van der Waals surface area (Å²) < 4.78 is 0. The molecule has 3 nitrogen and oxygen atoms in total. The van der Waals surface area contributed by atoms with Crippen molar-refractivity contribution in [1.82, 2.24) is 4.90 Å². The molecule has 112 valence electrons. The molecule has 0 aromatic carbocycles. The van der Waals surface area contributed by atoms with Gasteiger partial charge in [-0.3, -0.25) is 4.79 Å². The van der Waals surface area contributed by atoms with Gasteiger partial charge in [0.25, 0.3) is 0 Å². The van der Waals surface area contributed by atoms with E-state index in [1.165, 1.54) is 44.9 Å². The van der Waals surface area contributed by atoms with Crippen LogP contribution in [0.2, 0.25) is 0 Å². The zero-order valence-electron chi connectivity index (χ0n) is 12.2. The summed E-state index contributed by atoms with van der Waals surface area (Å²) in [5.74, 6) is 0.328. The lowest BCUT2D eigenvalue weighted by Crippen LogP contribution is -2.42. The Morgan fingerprint density at radius 1 is 1.16 bits per heavy atom. The second-order valence-corrected chi connectivity index (χ2v) is 6.38. The molecular formula is C15H29ClN2O. The van der Waals surface area contributed by atoms with Crippen LogP contribution >= 0.6 is 12.4 Å². The molecule has 0 bridgehead atoms. The van der Waals surface area contributed by atoms with Crippen molar-refractivity contribution >= 4 is 18.3 Å². The molecule has 19 heavy (non-hydrogen) atoms. The largest absolute Gasteiger partial charge is 0.343 e. The molecule has 2 rings (SSSR count). The van der Waals surface area contributed by atoms with Gasteiger partial charge in [0.15, 0.2) is 0 Å². The number of rotatable bonds is 4. The Balaban J connectivity index is 0.00000180. The van der Waals surface area contributed by atoms with Gasteiger partial charge in [0.2, 0.25) is 5.91 Å². The summed E-state index contributed by atoms with van der Waals surface area (Å²) in [6.07, 6.45) is 11.7. The van der Waals surface area contributed by atoms with Crippen LogP contribution in [0, 0.1) is 5.41 Å². The average Bonchev–Trinajstić information content (AvgIpc) is 2.92. The molecular weight excluding hydrogens is 260 g/mol. The van der Waals surface area contributed by atoms with Crippen molar-refractivity contribution in [2.24, 2.45) is 11.1 Å². The zero-order chi connectivity index (χ0) is 13.0. The van der Waals surface area contributed by atoms with Gasteiger partial charge >= 0.3 is 0 Å². The monoisotopic (exact) mass is 288 g/mol. The molecule has 0 aromatic heterocycles. The van der Waals surface area contributed by atoms with E-state index in [1.807, 2.05) is 11.9 Å². The Morgan fingerprint density at radius 2 is 1.74 bits per heavy atom. The first kappa shape index (κ1) is 16.8. The van der Waals surface area contributed by atoms with Crippen LogP contribution in [-0.2, 0) is 4.79 Å². The predicted octanol–water partition coefficient (Wildman–Crippen LogP) is 3.11. The van der Waals surface area contributed by atoms with E-state index < -0.39 is 0 Å². The first-order valence-electron chi connectivity index (χ1n) is 7.63. The Bertz CT molecular complexity index is 284. The standard InChI is InChI=1S/C15H28N2O.ClH/c1-17(13-7-3-4-8-13)14(18)11-15(12-16)9-5-2-6-10-15;/h13H,2-12,16H2,1H3;1H. The molecule has 2 fully saturated rings. The molecule has 0 atom stereocenters. The third kappa shape index (κ3) is 4.09. The second-order valence-electron chi connectivity index (χ2n) is 6.38. The number of carbonyl (C=O) groups excluding carboxylic acids is 1. The second kappa shape index (κ2) is 7.49. The van der Waals surface area contributed by atoms with E-state index >= 15 is 0 Å². The molecule has 0 saturated heterocycles. The topological polar surface area (TPSA) is 46.3 Å². The maximum Gasteiger partial charge on any atom is 0.223 e. The minimum atomic E-state index is 0. The quantitative estimate of drug-likeness (QED) is 0.864. The van der Waals surface area contributed by atoms with E-state index in [2.05, 4.69) is 0 Å². The van der Waals surface area contributed by atoms with Gasteiger partial charge in [0, 0.05) is 19.5 Å². The summed E-state index contributed by atoms with van der Waals surface area (Å²) in [6, 6.07) is 0.496. The van der Waals surface area contributed by atoms with Gasteiger partial charge in [-0.2, -0.15) is 0 Å². The predicted molar refractivity (Wildman–Crippen MR) is 81.5 cm³/mol. The first-order chi connectivity index (χ1) is 8.67. The lowest BCUT2D eigenvalue weighted by atomic mass is 9.71. The fourth-order valence-electron chi connectivity index (χ4n) is 3.70. The molecule has 0 unspecified atom stereocenters. The van der Waals surface area contributed by atoms with E-state index in [1.54, 1.807) is 0 Å². The molecule has 0 spiro atoms. The van der Waals surface area contributed by atoms with E-state index in [4.69, 9.17) is 5.73 Å². The van der Waals surface area contributed by atoms with Crippen LogP contribution in [0.3, 0.4) is 0 Å². The number of amides is 1. The minimum Gasteiger partial charge on any atom is -0.343 e. The Morgan fingerprint density at radius 3 is 2.26 bits per heavy atom. The molecule has 2 N–H and O–H groups in total. The average molecular weight is 289 g/mol. The fraction of sp³-hybridized carbons (Fsp3) is 0.933. The van der Waals surface area contributed by atoms with Crippen LogP contribution < -0.4 is 5.73 Å². The van der Waals surface area contributed by atoms with Gasteiger partial charge in [0.05, 0.1) is 0 Å². The van der Waals surface area contributed by atoms with Crippen LogP contribution in [-0.4, -0.2) is 30.4 Å². The normalized spacial score (nSPS) is 22.8. The van der Waals surface area contributed by atoms with Crippen LogP contribution in [0.5, 0.6) is 0 Å². The maximum atomic E-state index is 12.4. The Hall–Kier alpha value is -0.280. The van der Waals surface area contributed by atoms with Crippen molar-refractivity contribution in [2.75, 3.05) is 13.6 Å². The number of nitrogens with zero attached hydrogens (tertiary/aromatic N) is 1. The molecule has 2 aliphatic carbocycles. The number of hydrogen-bond donors (Lipinski definition) is 1. The van der Waals surface area contributed by atoms with E-state index in [9.17, 15) is 4.79 Å². The van der Waals surface area contributed by atoms with Gasteiger partial charge in [-0.1, -0.05) is 32.1 Å². The fourth-order valence-corrected chi connectivity index (χ4v) is 3.70. The molecule has 0 aromatic rings. The Kier molecular flexibility index (Phi) is 6.61. The van der Waals surface area contributed by atoms with E-state index in [0.717, 1.165) is 12.8 Å². The van der Waals surface area contributed by atoms with Gasteiger partial charge in [-0.25, -0.2) is 0 Å². The molecule has 0 radical (unpaired) electrons. The summed E-state index contributed by atoms with van der Waals surface area (Å²) in [5, 5.41) is 0. The highest BCUT2D eigenvalue weighted by Gasteiger charge is 2.35. The summed E-state index contributed by atoms with van der Waals surface area (Å²) in [7, 11) is 1.99. The summed E-state index contributed by atoms with van der Waals surface area (Å²) in [6.45, 7) is 0.678. The van der Waals surface area contributed by atoms with Crippen LogP contribution in [0.1, 0.15) is 64.2 Å². The smallest absolute Gasteiger partial charge is 0.223 e.